The largest absolute Gasteiger partial charge is 0.356 e. The van der Waals surface area contributed by atoms with Crippen molar-refractivity contribution >= 4 is 5.91 Å². The molecule has 3 aromatic rings. The van der Waals surface area contributed by atoms with Crippen LogP contribution >= 0.6 is 0 Å². The first-order valence-corrected chi connectivity index (χ1v) is 12.2. The van der Waals surface area contributed by atoms with E-state index in [4.69, 9.17) is 0 Å². The van der Waals surface area contributed by atoms with Crippen LogP contribution in [-0.4, -0.2) is 40.0 Å². The molecule has 0 radical (unpaired) electrons. The lowest BCUT2D eigenvalue weighted by Crippen LogP contribution is -2.37. The van der Waals surface area contributed by atoms with Crippen molar-refractivity contribution in [3.05, 3.63) is 78.4 Å². The predicted molar refractivity (Wildman–Crippen MR) is 132 cm³/mol. The monoisotopic (exact) mass is 442 g/mol. The molecule has 2 aromatic carbocycles. The minimum atomic E-state index is 0.223. The number of amides is 1. The SMILES string of the molecule is Cc1ccccc1-c1ccc(CN2CCC3(CC2)C[C@H]3C(=O)NCCCn2ccnc2)cc1. The van der Waals surface area contributed by atoms with E-state index >= 15 is 0 Å². The van der Waals surface area contributed by atoms with E-state index in [0.29, 0.717) is 0 Å². The van der Waals surface area contributed by atoms with Gasteiger partial charge in [0.05, 0.1) is 6.33 Å². The van der Waals surface area contributed by atoms with Gasteiger partial charge in [-0.05, 0) is 73.4 Å². The molecule has 1 aliphatic heterocycles. The van der Waals surface area contributed by atoms with Gasteiger partial charge < -0.3 is 9.88 Å². The molecule has 5 nitrogen and oxygen atoms in total. The number of nitrogens with zero attached hydrogens (tertiary/aromatic N) is 3. The maximum absolute atomic E-state index is 12.6. The van der Waals surface area contributed by atoms with E-state index in [1.54, 1.807) is 6.20 Å². The Labute approximate surface area is 196 Å². The molecule has 172 valence electrons. The molecule has 1 atom stereocenters. The number of aryl methyl sites for hydroxylation is 2. The molecular formula is C28H34N4O. The summed E-state index contributed by atoms with van der Waals surface area (Å²) in [5, 5.41) is 3.17. The van der Waals surface area contributed by atoms with Crippen molar-refractivity contribution in [3.63, 3.8) is 0 Å². The number of hydrogen-bond acceptors (Lipinski definition) is 3. The highest BCUT2D eigenvalue weighted by Gasteiger charge is 2.58. The highest BCUT2D eigenvalue weighted by Crippen LogP contribution is 2.59. The summed E-state index contributed by atoms with van der Waals surface area (Å²) in [6, 6.07) is 17.6. The fourth-order valence-electron chi connectivity index (χ4n) is 5.39. The summed E-state index contributed by atoms with van der Waals surface area (Å²) in [7, 11) is 0. The number of carbonyl (C=O) groups excluding carboxylic acids is 1. The smallest absolute Gasteiger partial charge is 0.223 e. The Morgan fingerprint density at radius 1 is 1.12 bits per heavy atom. The first-order valence-electron chi connectivity index (χ1n) is 12.2. The highest BCUT2D eigenvalue weighted by molar-refractivity contribution is 5.82. The average Bonchev–Trinajstić information content (AvgIpc) is 3.27. The Morgan fingerprint density at radius 3 is 2.64 bits per heavy atom. The zero-order valence-electron chi connectivity index (χ0n) is 19.5. The summed E-state index contributed by atoms with van der Waals surface area (Å²) in [6.07, 6.45) is 9.87. The molecule has 2 fully saturated rings. The second-order valence-electron chi connectivity index (χ2n) is 9.85. The topological polar surface area (TPSA) is 50.2 Å². The quantitative estimate of drug-likeness (QED) is 0.516. The summed E-state index contributed by atoms with van der Waals surface area (Å²) in [5.74, 6) is 0.488. The zero-order chi connectivity index (χ0) is 22.7. The fourth-order valence-corrected chi connectivity index (χ4v) is 5.39. The van der Waals surface area contributed by atoms with Crippen LogP contribution in [0.5, 0.6) is 0 Å². The summed E-state index contributed by atoms with van der Waals surface area (Å²) >= 11 is 0. The Balaban J connectivity index is 1.06. The number of aromatic nitrogens is 2. The standard InChI is InChI=1S/C28H34N4O/c1-22-5-2-3-6-25(22)24-9-7-23(8-10-24)20-31-16-11-28(12-17-31)19-26(28)27(33)30-13-4-15-32-18-14-29-21-32/h2-3,5-10,14,18,21,26H,4,11-13,15-17,19-20H2,1H3,(H,30,33)/t26-/m0/s1. The number of nitrogens with one attached hydrogen (secondary N) is 1. The molecule has 1 N–H and O–H groups in total. The van der Waals surface area contributed by atoms with Crippen molar-refractivity contribution in [3.8, 4) is 11.1 Å². The molecule has 0 bridgehead atoms. The van der Waals surface area contributed by atoms with Gasteiger partial charge in [-0.25, -0.2) is 4.98 Å². The van der Waals surface area contributed by atoms with Gasteiger partial charge in [-0.15, -0.1) is 0 Å². The third-order valence-corrected chi connectivity index (χ3v) is 7.63. The molecule has 5 rings (SSSR count). The fraction of sp³-hybridized carbons (Fsp3) is 0.429. The number of rotatable bonds is 8. The van der Waals surface area contributed by atoms with E-state index in [2.05, 4.69) is 75.2 Å². The molecule has 1 amide bonds. The number of imidazole rings is 1. The Kier molecular flexibility index (Phi) is 6.32. The van der Waals surface area contributed by atoms with Crippen molar-refractivity contribution in [2.75, 3.05) is 19.6 Å². The number of piperidine rings is 1. The van der Waals surface area contributed by atoms with Gasteiger partial charge in [0.2, 0.25) is 5.91 Å². The van der Waals surface area contributed by atoms with Crippen molar-refractivity contribution in [2.45, 2.75) is 45.7 Å². The van der Waals surface area contributed by atoms with Crippen molar-refractivity contribution in [1.82, 2.24) is 19.8 Å². The first kappa shape index (κ1) is 21.9. The maximum Gasteiger partial charge on any atom is 0.223 e. The average molecular weight is 443 g/mol. The van der Waals surface area contributed by atoms with Crippen LogP contribution in [0, 0.1) is 18.3 Å². The predicted octanol–water partition coefficient (Wildman–Crippen LogP) is 4.67. The molecule has 0 unspecified atom stereocenters. The molecule has 1 saturated heterocycles. The number of benzene rings is 2. The van der Waals surface area contributed by atoms with Crippen molar-refractivity contribution in [1.29, 1.82) is 0 Å². The van der Waals surface area contributed by atoms with Gasteiger partial charge in [0.25, 0.3) is 0 Å². The lowest BCUT2D eigenvalue weighted by atomic mass is 9.90. The van der Waals surface area contributed by atoms with E-state index in [-0.39, 0.29) is 17.2 Å². The van der Waals surface area contributed by atoms with Gasteiger partial charge in [-0.3, -0.25) is 9.69 Å². The van der Waals surface area contributed by atoms with Crippen LogP contribution in [-0.2, 0) is 17.9 Å². The van der Waals surface area contributed by atoms with Gasteiger partial charge in [0.15, 0.2) is 0 Å². The van der Waals surface area contributed by atoms with Crippen molar-refractivity contribution in [2.24, 2.45) is 11.3 Å². The minimum Gasteiger partial charge on any atom is -0.356 e. The molecule has 1 spiro atoms. The van der Waals surface area contributed by atoms with E-state index < -0.39 is 0 Å². The summed E-state index contributed by atoms with van der Waals surface area (Å²) in [4.78, 5) is 19.2. The van der Waals surface area contributed by atoms with Gasteiger partial charge in [-0.2, -0.15) is 0 Å². The van der Waals surface area contributed by atoms with Crippen LogP contribution in [0.3, 0.4) is 0 Å². The molecule has 5 heteroatoms. The number of likely N-dealkylation sites (tertiary alicyclic amines) is 1. The lowest BCUT2D eigenvalue weighted by Gasteiger charge is -2.32. The first-order chi connectivity index (χ1) is 16.1. The molecule has 1 aromatic heterocycles. The van der Waals surface area contributed by atoms with E-state index in [9.17, 15) is 4.79 Å². The third-order valence-electron chi connectivity index (χ3n) is 7.63. The maximum atomic E-state index is 12.6. The van der Waals surface area contributed by atoms with Gasteiger partial charge in [0.1, 0.15) is 0 Å². The minimum absolute atomic E-state index is 0.223. The van der Waals surface area contributed by atoms with Gasteiger partial charge in [0, 0.05) is 37.9 Å². The molecule has 1 aliphatic carbocycles. The number of hydrogen-bond donors (Lipinski definition) is 1. The van der Waals surface area contributed by atoms with Crippen molar-refractivity contribution < 1.29 is 4.79 Å². The van der Waals surface area contributed by atoms with E-state index in [0.717, 1.165) is 58.4 Å². The Bertz CT molecular complexity index is 1070. The molecule has 1 saturated carbocycles. The Morgan fingerprint density at radius 2 is 1.91 bits per heavy atom. The van der Waals surface area contributed by atoms with Gasteiger partial charge >= 0.3 is 0 Å². The third kappa shape index (κ3) is 5.03. The van der Waals surface area contributed by atoms with Crippen LogP contribution in [0.15, 0.2) is 67.3 Å². The zero-order valence-corrected chi connectivity index (χ0v) is 19.5. The highest BCUT2D eigenvalue weighted by atomic mass is 16.2. The van der Waals surface area contributed by atoms with E-state index in [1.807, 2.05) is 12.5 Å². The Hall–Kier alpha value is -2.92. The molecule has 2 aliphatic rings. The molecule has 33 heavy (non-hydrogen) atoms. The summed E-state index contributed by atoms with van der Waals surface area (Å²) in [6.45, 7) is 6.98. The summed E-state index contributed by atoms with van der Waals surface area (Å²) in [5.41, 5.74) is 5.54. The van der Waals surface area contributed by atoms with Crippen LogP contribution in [0.4, 0.5) is 0 Å². The van der Waals surface area contributed by atoms with E-state index in [1.165, 1.54) is 22.3 Å². The van der Waals surface area contributed by atoms with Gasteiger partial charge in [-0.1, -0.05) is 48.5 Å². The van der Waals surface area contributed by atoms with Crippen LogP contribution in [0.25, 0.3) is 11.1 Å². The lowest BCUT2D eigenvalue weighted by molar-refractivity contribution is -0.123. The normalized spacial score (nSPS) is 19.5. The molecular weight excluding hydrogens is 408 g/mol. The van der Waals surface area contributed by atoms with Crippen LogP contribution in [0.2, 0.25) is 0 Å². The van der Waals surface area contributed by atoms with Crippen LogP contribution in [0.1, 0.15) is 36.8 Å². The number of carbonyl (C=O) groups is 1. The summed E-state index contributed by atoms with van der Waals surface area (Å²) < 4.78 is 2.05. The second-order valence-corrected chi connectivity index (χ2v) is 9.85. The van der Waals surface area contributed by atoms with Crippen LogP contribution < -0.4 is 5.32 Å². The second kappa shape index (κ2) is 9.52. The molecule has 2 heterocycles.